The molecule has 1 aromatic rings. The van der Waals surface area contributed by atoms with Crippen molar-refractivity contribution in [1.82, 2.24) is 5.32 Å². The Morgan fingerprint density at radius 3 is 3.11 bits per heavy atom. The molecular formula is C12H13BN2O4. The molecule has 0 spiro atoms. The molecule has 6 nitrogen and oxygen atoms in total. The van der Waals surface area contributed by atoms with Crippen molar-refractivity contribution in [3.8, 4) is 5.75 Å². The van der Waals surface area contributed by atoms with E-state index in [1.807, 2.05) is 0 Å². The van der Waals surface area contributed by atoms with Crippen LogP contribution in [0, 0.1) is 0 Å². The van der Waals surface area contributed by atoms with Crippen LogP contribution < -0.4 is 9.97 Å². The van der Waals surface area contributed by atoms with Gasteiger partial charge in [0.25, 0.3) is 0 Å². The first-order valence-electron chi connectivity index (χ1n) is 6.18. The number of nitrogens with one attached hydrogen (secondary N) is 1. The zero-order valence-electron chi connectivity index (χ0n) is 10.3. The van der Waals surface area contributed by atoms with Gasteiger partial charge in [-0.25, -0.2) is 4.79 Å². The van der Waals surface area contributed by atoms with E-state index >= 15 is 0 Å². The van der Waals surface area contributed by atoms with Crippen molar-refractivity contribution in [1.29, 1.82) is 0 Å². The van der Waals surface area contributed by atoms with E-state index in [0.717, 1.165) is 18.9 Å². The van der Waals surface area contributed by atoms with E-state index in [1.165, 1.54) is 0 Å². The van der Waals surface area contributed by atoms with Gasteiger partial charge in [-0.1, -0.05) is 12.1 Å². The largest absolute Gasteiger partial charge is 0.790 e. The van der Waals surface area contributed by atoms with E-state index in [2.05, 4.69) is 10.3 Å². The van der Waals surface area contributed by atoms with Crippen molar-refractivity contribution < 1.29 is 18.8 Å². The molecule has 0 aromatic heterocycles. The summed E-state index contributed by atoms with van der Waals surface area (Å²) < 4.78 is 15.9. The van der Waals surface area contributed by atoms with Gasteiger partial charge in [0.1, 0.15) is 5.75 Å². The van der Waals surface area contributed by atoms with Crippen LogP contribution in [0.2, 0.25) is 0 Å². The molecule has 3 rings (SSSR count). The molecule has 7 heteroatoms. The molecular weight excluding hydrogens is 247 g/mol. The van der Waals surface area contributed by atoms with E-state index in [-0.39, 0.29) is 0 Å². The molecule has 0 radical (unpaired) electrons. The number of carbonyl (C=O) groups excluding carboxylic acids is 1. The highest BCUT2D eigenvalue weighted by molar-refractivity contribution is 6.42. The zero-order valence-corrected chi connectivity index (χ0v) is 10.3. The summed E-state index contributed by atoms with van der Waals surface area (Å²) >= 11 is 0. The summed E-state index contributed by atoms with van der Waals surface area (Å²) in [6.07, 6.45) is 0.652. The van der Waals surface area contributed by atoms with E-state index in [0.29, 0.717) is 24.3 Å². The normalized spacial score (nSPS) is 17.2. The Morgan fingerprint density at radius 2 is 2.26 bits per heavy atom. The van der Waals surface area contributed by atoms with Crippen LogP contribution in [0.25, 0.3) is 0 Å². The molecule has 0 aliphatic carbocycles. The summed E-state index contributed by atoms with van der Waals surface area (Å²) in [5, 5.41) is 3.14. The van der Waals surface area contributed by atoms with Crippen LogP contribution in [-0.4, -0.2) is 38.8 Å². The van der Waals surface area contributed by atoms with E-state index in [9.17, 15) is 4.79 Å². The van der Waals surface area contributed by atoms with Crippen LogP contribution in [0.3, 0.4) is 0 Å². The predicted molar refractivity (Wildman–Crippen MR) is 69.1 cm³/mol. The molecule has 0 saturated heterocycles. The first kappa shape index (κ1) is 12.0. The lowest BCUT2D eigenvalue weighted by atomic mass is 10.1. The summed E-state index contributed by atoms with van der Waals surface area (Å²) in [6.45, 7) is 2.06. The standard InChI is InChI=1S/C12H13BN2O4/c16-12-9-3-1-2-4-10(9)18-13(19-12)17-8-5-11-14-6-7-15-11/h1-4H,5-8H2,(H,14,15). The number of rotatable bonds is 4. The summed E-state index contributed by atoms with van der Waals surface area (Å²) in [5.74, 6) is 0.978. The van der Waals surface area contributed by atoms with Gasteiger partial charge in [-0.15, -0.1) is 0 Å². The van der Waals surface area contributed by atoms with E-state index < -0.39 is 13.3 Å². The fourth-order valence-electron chi connectivity index (χ4n) is 1.95. The number of nitrogens with zero attached hydrogens (tertiary/aromatic N) is 1. The number of hydrogen-bond donors (Lipinski definition) is 1. The second kappa shape index (κ2) is 5.32. The number of fused-ring (bicyclic) bond motifs is 1. The van der Waals surface area contributed by atoms with E-state index in [4.69, 9.17) is 14.0 Å². The quantitative estimate of drug-likeness (QED) is 0.804. The highest BCUT2D eigenvalue weighted by Crippen LogP contribution is 2.24. The Bertz CT molecular complexity index is 520. The Labute approximate surface area is 110 Å². The van der Waals surface area contributed by atoms with Crippen LogP contribution in [0.4, 0.5) is 0 Å². The van der Waals surface area contributed by atoms with Gasteiger partial charge in [0.15, 0.2) is 0 Å². The molecule has 2 aliphatic heterocycles. The minimum absolute atomic E-state index is 0.381. The molecule has 98 valence electrons. The lowest BCUT2D eigenvalue weighted by Crippen LogP contribution is -2.38. The minimum Gasteiger partial charge on any atom is -0.500 e. The lowest BCUT2D eigenvalue weighted by molar-refractivity contribution is 0.0571. The topological polar surface area (TPSA) is 69.2 Å². The molecule has 1 aromatic carbocycles. The number of amidine groups is 1. The molecule has 0 atom stereocenters. The molecule has 0 saturated carbocycles. The smallest absolute Gasteiger partial charge is 0.500 e. The van der Waals surface area contributed by atoms with Gasteiger partial charge in [-0.05, 0) is 12.1 Å². The zero-order chi connectivity index (χ0) is 13.1. The van der Waals surface area contributed by atoms with Crippen LogP contribution in [0.5, 0.6) is 5.75 Å². The third kappa shape index (κ3) is 2.71. The molecule has 0 fully saturated rings. The third-order valence-electron chi connectivity index (χ3n) is 2.87. The Hall–Kier alpha value is -2.02. The van der Waals surface area contributed by atoms with Crippen LogP contribution >= 0.6 is 0 Å². The number of carbonyl (C=O) groups is 1. The van der Waals surface area contributed by atoms with Crippen molar-refractivity contribution in [2.24, 2.45) is 4.99 Å². The Kier molecular flexibility index (Phi) is 3.37. The van der Waals surface area contributed by atoms with Crippen LogP contribution in [0.15, 0.2) is 29.3 Å². The fourth-order valence-corrected chi connectivity index (χ4v) is 1.95. The first-order chi connectivity index (χ1) is 9.33. The van der Waals surface area contributed by atoms with Crippen LogP contribution in [0.1, 0.15) is 16.8 Å². The number of hydrogen-bond acceptors (Lipinski definition) is 6. The van der Waals surface area contributed by atoms with Gasteiger partial charge < -0.3 is 19.3 Å². The molecule has 2 aliphatic rings. The van der Waals surface area contributed by atoms with Gasteiger partial charge in [-0.2, -0.15) is 0 Å². The second-order valence-electron chi connectivity index (χ2n) is 4.18. The van der Waals surface area contributed by atoms with Crippen molar-refractivity contribution in [2.75, 3.05) is 19.7 Å². The first-order valence-corrected chi connectivity index (χ1v) is 6.18. The second-order valence-corrected chi connectivity index (χ2v) is 4.18. The van der Waals surface area contributed by atoms with Crippen molar-refractivity contribution in [3.63, 3.8) is 0 Å². The number of para-hydroxylation sites is 1. The molecule has 0 unspecified atom stereocenters. The average molecular weight is 260 g/mol. The monoisotopic (exact) mass is 260 g/mol. The van der Waals surface area contributed by atoms with Crippen molar-refractivity contribution in [2.45, 2.75) is 6.42 Å². The molecule has 0 amide bonds. The maximum Gasteiger partial charge on any atom is 0.790 e. The predicted octanol–water partition coefficient (Wildman–Crippen LogP) is 0.629. The summed E-state index contributed by atoms with van der Waals surface area (Å²) in [5.41, 5.74) is 0.421. The lowest BCUT2D eigenvalue weighted by Gasteiger charge is -2.21. The van der Waals surface area contributed by atoms with Gasteiger partial charge in [0, 0.05) is 19.6 Å². The maximum atomic E-state index is 11.7. The van der Waals surface area contributed by atoms with Crippen LogP contribution in [-0.2, 0) is 9.31 Å². The summed E-state index contributed by atoms with van der Waals surface area (Å²) in [6, 6.07) is 6.93. The third-order valence-corrected chi connectivity index (χ3v) is 2.87. The van der Waals surface area contributed by atoms with Gasteiger partial charge in [-0.3, -0.25) is 4.99 Å². The SMILES string of the molecule is O=C1OB(OCCC2=NCCN2)Oc2ccccc21. The highest BCUT2D eigenvalue weighted by Gasteiger charge is 2.36. The summed E-state index contributed by atoms with van der Waals surface area (Å²) in [7, 11) is -0.982. The average Bonchev–Trinajstić information content (AvgIpc) is 2.92. The van der Waals surface area contributed by atoms with Gasteiger partial charge in [0.2, 0.25) is 0 Å². The minimum atomic E-state index is -0.982. The summed E-state index contributed by atoms with van der Waals surface area (Å²) in [4.78, 5) is 15.9. The van der Waals surface area contributed by atoms with Crippen molar-refractivity contribution in [3.05, 3.63) is 29.8 Å². The van der Waals surface area contributed by atoms with Gasteiger partial charge in [0.05, 0.1) is 17.9 Å². The Balaban J connectivity index is 1.55. The molecule has 1 N–H and O–H groups in total. The highest BCUT2D eigenvalue weighted by atomic mass is 16.8. The Morgan fingerprint density at radius 1 is 1.37 bits per heavy atom. The van der Waals surface area contributed by atoms with E-state index in [1.54, 1.807) is 24.3 Å². The molecule has 2 heterocycles. The maximum absolute atomic E-state index is 11.7. The fraction of sp³-hybridized carbons (Fsp3) is 0.333. The molecule has 0 bridgehead atoms. The van der Waals surface area contributed by atoms with Crippen molar-refractivity contribution >= 4 is 19.1 Å². The number of benzene rings is 1. The number of aliphatic imine (C=N–C) groups is 1. The van der Waals surface area contributed by atoms with Gasteiger partial charge >= 0.3 is 13.3 Å². The molecule has 19 heavy (non-hydrogen) atoms.